The predicted molar refractivity (Wildman–Crippen MR) is 105 cm³/mol. The summed E-state index contributed by atoms with van der Waals surface area (Å²) in [6, 6.07) is 4.26. The molecule has 0 aliphatic rings. The van der Waals surface area contributed by atoms with Crippen LogP contribution in [0.2, 0.25) is 0 Å². The number of fused-ring (bicyclic) bond motifs is 1. The molecule has 3 aromatic rings. The lowest BCUT2D eigenvalue weighted by Gasteiger charge is -2.11. The number of alkyl halides is 3. The highest BCUT2D eigenvalue weighted by Gasteiger charge is 2.34. The summed E-state index contributed by atoms with van der Waals surface area (Å²) >= 11 is 1.25. The summed E-state index contributed by atoms with van der Waals surface area (Å²) in [5.41, 5.74) is 5.55. The average Bonchev–Trinajstić information content (AvgIpc) is 2.91. The summed E-state index contributed by atoms with van der Waals surface area (Å²) in [6.45, 7) is 7.22. The van der Waals surface area contributed by atoms with E-state index in [2.05, 4.69) is 11.6 Å². The molecule has 3 rings (SSSR count). The molecule has 0 spiro atoms. The maximum absolute atomic E-state index is 14.3. The molecule has 0 unspecified atom stereocenters. The highest BCUT2D eigenvalue weighted by Crippen LogP contribution is 2.33. The molecule has 0 radical (unpaired) electrons. The molecule has 2 heterocycles. The van der Waals surface area contributed by atoms with Crippen molar-refractivity contribution in [2.24, 2.45) is 5.73 Å². The van der Waals surface area contributed by atoms with Crippen molar-refractivity contribution in [3.8, 4) is 0 Å². The second-order valence-electron chi connectivity index (χ2n) is 6.57. The lowest BCUT2D eigenvalue weighted by molar-refractivity contribution is -0.140. The Morgan fingerprint density at radius 3 is 2.69 bits per heavy atom. The third-order valence-electron chi connectivity index (χ3n) is 4.27. The van der Waals surface area contributed by atoms with E-state index in [0.717, 1.165) is 16.5 Å². The maximum Gasteiger partial charge on any atom is 0.419 e. The van der Waals surface area contributed by atoms with Crippen molar-refractivity contribution in [3.63, 3.8) is 0 Å². The molecule has 0 amide bonds. The van der Waals surface area contributed by atoms with Crippen molar-refractivity contribution < 1.29 is 17.6 Å². The highest BCUT2D eigenvalue weighted by atomic mass is 32.1. The summed E-state index contributed by atoms with van der Waals surface area (Å²) in [5.74, 6) is -1.36. The van der Waals surface area contributed by atoms with E-state index >= 15 is 0 Å². The van der Waals surface area contributed by atoms with E-state index in [9.17, 15) is 22.4 Å². The van der Waals surface area contributed by atoms with Gasteiger partial charge < -0.3 is 5.73 Å². The van der Waals surface area contributed by atoms with Gasteiger partial charge in [-0.15, -0.1) is 11.3 Å². The van der Waals surface area contributed by atoms with Crippen LogP contribution < -0.4 is 11.3 Å². The minimum atomic E-state index is -4.80. The van der Waals surface area contributed by atoms with Gasteiger partial charge in [-0.05, 0) is 37.1 Å². The zero-order valence-corrected chi connectivity index (χ0v) is 16.4. The van der Waals surface area contributed by atoms with Crippen LogP contribution in [-0.2, 0) is 12.6 Å². The first-order valence-corrected chi connectivity index (χ1v) is 9.30. The van der Waals surface area contributed by atoms with Crippen molar-refractivity contribution in [2.45, 2.75) is 26.4 Å². The Hall–Kier alpha value is -2.94. The van der Waals surface area contributed by atoms with Gasteiger partial charge in [0.2, 0.25) is 0 Å². The standard InChI is InChI=1S/C20H17F4N3OS/c1-10(7-11(2)25)18-12(3)29-19-26-14(9-16(28)27(18)19)8-13-5-4-6-15(17(13)21)20(22,23)24/h4-7,9H,2,8,25H2,1,3H3/b10-7+. The first-order valence-electron chi connectivity index (χ1n) is 8.48. The molecule has 0 saturated heterocycles. The first-order chi connectivity index (χ1) is 13.5. The molecule has 29 heavy (non-hydrogen) atoms. The second kappa shape index (κ2) is 7.47. The third kappa shape index (κ3) is 4.09. The van der Waals surface area contributed by atoms with Gasteiger partial charge in [-0.25, -0.2) is 9.37 Å². The molecule has 1 aromatic carbocycles. The number of hydrogen-bond acceptors (Lipinski definition) is 4. The number of halogens is 4. The molecule has 0 saturated carbocycles. The van der Waals surface area contributed by atoms with Gasteiger partial charge in [-0.3, -0.25) is 9.20 Å². The Morgan fingerprint density at radius 2 is 2.07 bits per heavy atom. The van der Waals surface area contributed by atoms with Crippen molar-refractivity contribution in [2.75, 3.05) is 0 Å². The SMILES string of the molecule is C=C(N)/C=C(\C)c1c(C)sc2nc(Cc3cccc(C(F)(F)F)c3F)cc(=O)n12. The topological polar surface area (TPSA) is 60.4 Å². The second-order valence-corrected chi connectivity index (χ2v) is 7.75. The van der Waals surface area contributed by atoms with Crippen LogP contribution in [0.4, 0.5) is 17.6 Å². The molecule has 2 N–H and O–H groups in total. The van der Waals surface area contributed by atoms with Gasteiger partial charge in [-0.1, -0.05) is 18.7 Å². The average molecular weight is 423 g/mol. The van der Waals surface area contributed by atoms with Gasteiger partial charge in [0.15, 0.2) is 4.96 Å². The van der Waals surface area contributed by atoms with Crippen molar-refractivity contribution in [3.05, 3.63) is 86.2 Å². The number of aryl methyl sites for hydroxylation is 1. The molecule has 9 heteroatoms. The molecule has 0 atom stereocenters. The zero-order valence-electron chi connectivity index (χ0n) is 15.6. The van der Waals surface area contributed by atoms with Crippen LogP contribution in [0.1, 0.15) is 34.3 Å². The van der Waals surface area contributed by atoms with E-state index in [1.807, 2.05) is 6.92 Å². The predicted octanol–water partition coefficient (Wildman–Crippen LogP) is 4.69. The summed E-state index contributed by atoms with van der Waals surface area (Å²) in [7, 11) is 0. The number of rotatable bonds is 4. The Morgan fingerprint density at radius 1 is 1.38 bits per heavy atom. The van der Waals surface area contributed by atoms with Crippen LogP contribution in [0.15, 0.2) is 47.4 Å². The van der Waals surface area contributed by atoms with Gasteiger partial charge in [0, 0.05) is 23.1 Å². The van der Waals surface area contributed by atoms with E-state index < -0.39 is 23.1 Å². The Labute approximate surface area is 167 Å². The molecular formula is C20H17F4N3OS. The van der Waals surface area contributed by atoms with E-state index in [1.54, 1.807) is 13.0 Å². The lowest BCUT2D eigenvalue weighted by Crippen LogP contribution is -2.17. The van der Waals surface area contributed by atoms with Crippen LogP contribution in [0.25, 0.3) is 10.5 Å². The largest absolute Gasteiger partial charge is 0.419 e. The molecular weight excluding hydrogens is 406 g/mol. The zero-order chi connectivity index (χ0) is 21.5. The number of nitrogens with two attached hydrogens (primary N) is 1. The van der Waals surface area contributed by atoms with Crippen molar-refractivity contribution in [1.82, 2.24) is 9.38 Å². The minimum absolute atomic E-state index is 0.180. The molecule has 152 valence electrons. The Balaban J connectivity index is 2.09. The van der Waals surface area contributed by atoms with Crippen LogP contribution >= 0.6 is 11.3 Å². The normalized spacial score (nSPS) is 12.6. The van der Waals surface area contributed by atoms with Gasteiger partial charge in [0.25, 0.3) is 5.56 Å². The molecule has 2 aromatic heterocycles. The number of benzene rings is 1. The van der Waals surface area contributed by atoms with E-state index in [1.165, 1.54) is 27.9 Å². The quantitative estimate of drug-likeness (QED) is 0.489. The van der Waals surface area contributed by atoms with Gasteiger partial charge in [0.1, 0.15) is 5.82 Å². The molecule has 0 fully saturated rings. The summed E-state index contributed by atoms with van der Waals surface area (Å²) in [5, 5.41) is 0. The first kappa shape index (κ1) is 20.8. The number of hydrogen-bond donors (Lipinski definition) is 1. The minimum Gasteiger partial charge on any atom is -0.399 e. The van der Waals surface area contributed by atoms with Crippen LogP contribution in [0, 0.1) is 12.7 Å². The summed E-state index contributed by atoms with van der Waals surface area (Å²) in [4.78, 5) is 18.2. The number of nitrogens with zero attached hydrogens (tertiary/aromatic N) is 2. The highest BCUT2D eigenvalue weighted by molar-refractivity contribution is 7.17. The smallest absolute Gasteiger partial charge is 0.399 e. The van der Waals surface area contributed by atoms with Gasteiger partial charge in [-0.2, -0.15) is 13.2 Å². The lowest BCUT2D eigenvalue weighted by atomic mass is 10.0. The molecule has 0 aliphatic heterocycles. The van der Waals surface area contributed by atoms with Crippen LogP contribution in [-0.4, -0.2) is 9.38 Å². The van der Waals surface area contributed by atoms with E-state index in [-0.39, 0.29) is 17.7 Å². The van der Waals surface area contributed by atoms with Crippen molar-refractivity contribution in [1.29, 1.82) is 0 Å². The summed E-state index contributed by atoms with van der Waals surface area (Å²) < 4.78 is 54.5. The third-order valence-corrected chi connectivity index (χ3v) is 5.23. The Bertz CT molecular complexity index is 1200. The number of aromatic nitrogens is 2. The summed E-state index contributed by atoms with van der Waals surface area (Å²) in [6.07, 6.45) is -3.40. The monoisotopic (exact) mass is 423 g/mol. The van der Waals surface area contributed by atoms with Gasteiger partial charge >= 0.3 is 6.18 Å². The fraction of sp³-hybridized carbons (Fsp3) is 0.200. The maximum atomic E-state index is 14.3. The number of allylic oxidation sites excluding steroid dienone is 2. The number of thiazole rings is 1. The fourth-order valence-electron chi connectivity index (χ4n) is 3.14. The van der Waals surface area contributed by atoms with Crippen LogP contribution in [0.3, 0.4) is 0 Å². The fourth-order valence-corrected chi connectivity index (χ4v) is 4.20. The molecule has 4 nitrogen and oxygen atoms in total. The van der Waals surface area contributed by atoms with E-state index in [4.69, 9.17) is 5.73 Å². The van der Waals surface area contributed by atoms with E-state index in [0.29, 0.717) is 22.4 Å². The molecule has 0 aliphatic carbocycles. The van der Waals surface area contributed by atoms with Crippen LogP contribution in [0.5, 0.6) is 0 Å². The van der Waals surface area contributed by atoms with Gasteiger partial charge in [0.05, 0.1) is 17.0 Å². The van der Waals surface area contributed by atoms with Crippen molar-refractivity contribution >= 4 is 21.9 Å². The molecule has 0 bridgehead atoms. The Kier molecular flexibility index (Phi) is 5.36.